The van der Waals surface area contributed by atoms with Gasteiger partial charge in [0, 0.05) is 0 Å². The van der Waals surface area contributed by atoms with Gasteiger partial charge < -0.3 is 4.43 Å². The number of rotatable bonds is 7. The largest absolute Gasteiger partial charge is 0.394 e. The summed E-state index contributed by atoms with van der Waals surface area (Å²) < 4.78 is 7.20. The van der Waals surface area contributed by atoms with E-state index in [1.54, 1.807) is 0 Å². The SMILES string of the molecule is CC#CC(CCc1ccccc1)O[Si](c1ccccc1)(c1ccccc1)C(C)(C)C. The zero-order chi connectivity index (χ0) is 21.5. The minimum absolute atomic E-state index is 0.0455. The van der Waals surface area contributed by atoms with Crippen molar-refractivity contribution >= 4 is 18.7 Å². The normalized spacial score (nSPS) is 12.7. The predicted octanol–water partition coefficient (Wildman–Crippen LogP) is 5.59. The molecule has 0 saturated carbocycles. The molecule has 0 N–H and O–H groups in total. The van der Waals surface area contributed by atoms with Crippen molar-refractivity contribution in [1.82, 2.24) is 0 Å². The van der Waals surface area contributed by atoms with Gasteiger partial charge in [0.15, 0.2) is 0 Å². The van der Waals surface area contributed by atoms with Crippen molar-refractivity contribution in [2.24, 2.45) is 0 Å². The molecule has 3 aromatic rings. The fourth-order valence-corrected chi connectivity index (χ4v) is 8.79. The first-order valence-electron chi connectivity index (χ1n) is 10.7. The minimum atomic E-state index is -2.59. The van der Waals surface area contributed by atoms with Crippen LogP contribution in [0.3, 0.4) is 0 Å². The molecule has 0 radical (unpaired) electrons. The maximum absolute atomic E-state index is 7.20. The zero-order valence-electron chi connectivity index (χ0n) is 18.6. The van der Waals surface area contributed by atoms with Crippen molar-refractivity contribution in [2.45, 2.75) is 51.7 Å². The monoisotopic (exact) mass is 412 g/mol. The first kappa shape index (κ1) is 22.1. The zero-order valence-corrected chi connectivity index (χ0v) is 19.6. The Labute approximate surface area is 183 Å². The van der Waals surface area contributed by atoms with E-state index in [1.807, 2.05) is 6.92 Å². The second kappa shape index (κ2) is 9.94. The standard InChI is InChI=1S/C28H32OSi/c1-5-15-25(23-22-24-16-9-6-10-17-24)29-30(28(2,3)4,26-18-11-7-12-19-26)27-20-13-8-14-21-27/h6-14,16-21,25H,22-23H2,1-4H3. The van der Waals surface area contributed by atoms with Crippen LogP contribution in [0.2, 0.25) is 5.04 Å². The summed E-state index contributed by atoms with van der Waals surface area (Å²) in [6, 6.07) is 32.2. The Morgan fingerprint density at radius 1 is 0.767 bits per heavy atom. The van der Waals surface area contributed by atoms with E-state index >= 15 is 0 Å². The minimum Gasteiger partial charge on any atom is -0.394 e. The maximum Gasteiger partial charge on any atom is 0.262 e. The third-order valence-electron chi connectivity index (χ3n) is 5.58. The molecule has 0 amide bonds. The quantitative estimate of drug-likeness (QED) is 0.363. The van der Waals surface area contributed by atoms with Gasteiger partial charge in [-0.15, -0.1) is 5.92 Å². The maximum atomic E-state index is 7.20. The van der Waals surface area contributed by atoms with Crippen LogP contribution >= 0.6 is 0 Å². The van der Waals surface area contributed by atoms with Crippen LogP contribution in [0.1, 0.15) is 39.7 Å². The molecule has 0 aliphatic rings. The van der Waals surface area contributed by atoms with Crippen LogP contribution in [0.25, 0.3) is 0 Å². The lowest BCUT2D eigenvalue weighted by Crippen LogP contribution is -2.67. The first-order valence-corrected chi connectivity index (χ1v) is 12.6. The molecule has 0 spiro atoms. The second-order valence-electron chi connectivity index (χ2n) is 8.69. The predicted molar refractivity (Wildman–Crippen MR) is 131 cm³/mol. The van der Waals surface area contributed by atoms with Crippen LogP contribution in [-0.4, -0.2) is 14.4 Å². The van der Waals surface area contributed by atoms with Gasteiger partial charge in [-0.3, -0.25) is 0 Å². The average molecular weight is 413 g/mol. The number of aryl methyl sites for hydroxylation is 1. The van der Waals surface area contributed by atoms with Crippen LogP contribution in [0.5, 0.6) is 0 Å². The molecule has 1 unspecified atom stereocenters. The van der Waals surface area contributed by atoms with E-state index in [0.29, 0.717) is 0 Å². The Kier molecular flexibility index (Phi) is 7.32. The fraction of sp³-hybridized carbons (Fsp3) is 0.286. The highest BCUT2D eigenvalue weighted by Crippen LogP contribution is 2.37. The van der Waals surface area contributed by atoms with Gasteiger partial charge >= 0.3 is 0 Å². The van der Waals surface area contributed by atoms with E-state index in [-0.39, 0.29) is 11.1 Å². The van der Waals surface area contributed by atoms with Crippen molar-refractivity contribution < 1.29 is 4.43 Å². The Morgan fingerprint density at radius 2 is 1.23 bits per heavy atom. The van der Waals surface area contributed by atoms with E-state index in [9.17, 15) is 0 Å². The molecule has 30 heavy (non-hydrogen) atoms. The van der Waals surface area contributed by atoms with E-state index in [4.69, 9.17) is 4.43 Å². The molecule has 0 heterocycles. The highest BCUT2D eigenvalue weighted by Gasteiger charge is 2.51. The van der Waals surface area contributed by atoms with Crippen LogP contribution in [-0.2, 0) is 10.8 Å². The molecule has 3 rings (SSSR count). The Morgan fingerprint density at radius 3 is 1.67 bits per heavy atom. The molecule has 1 nitrogen and oxygen atoms in total. The van der Waals surface area contributed by atoms with Gasteiger partial charge in [0.2, 0.25) is 0 Å². The molecule has 0 aliphatic heterocycles. The van der Waals surface area contributed by atoms with E-state index in [0.717, 1.165) is 12.8 Å². The van der Waals surface area contributed by atoms with Crippen LogP contribution < -0.4 is 10.4 Å². The van der Waals surface area contributed by atoms with Crippen molar-refractivity contribution in [3.8, 4) is 11.8 Å². The lowest BCUT2D eigenvalue weighted by atomic mass is 10.1. The van der Waals surface area contributed by atoms with Gasteiger partial charge in [-0.1, -0.05) is 118 Å². The number of benzene rings is 3. The molecule has 0 aliphatic carbocycles. The van der Waals surface area contributed by atoms with Crippen LogP contribution in [0.4, 0.5) is 0 Å². The fourth-order valence-electron chi connectivity index (χ4n) is 4.17. The summed E-state index contributed by atoms with van der Waals surface area (Å²) >= 11 is 0. The van der Waals surface area contributed by atoms with Crippen LogP contribution in [0.15, 0.2) is 91.0 Å². The van der Waals surface area contributed by atoms with E-state index in [2.05, 4.69) is 124 Å². The molecule has 0 saturated heterocycles. The molecule has 0 bridgehead atoms. The molecule has 3 aromatic carbocycles. The molecule has 1 atom stereocenters. The third kappa shape index (κ3) is 4.93. The summed E-state index contributed by atoms with van der Waals surface area (Å²) in [7, 11) is -2.59. The van der Waals surface area contributed by atoms with E-state index in [1.165, 1.54) is 15.9 Å². The van der Waals surface area contributed by atoms with Gasteiger partial charge in [-0.2, -0.15) is 0 Å². The average Bonchev–Trinajstić information content (AvgIpc) is 2.77. The highest BCUT2D eigenvalue weighted by atomic mass is 28.4. The molecule has 0 aromatic heterocycles. The summed E-state index contributed by atoms with van der Waals surface area (Å²) in [6.45, 7) is 8.84. The number of hydrogen-bond acceptors (Lipinski definition) is 1. The Bertz CT molecular complexity index is 924. The Hall–Kier alpha value is -2.60. The molecule has 154 valence electrons. The summed E-state index contributed by atoms with van der Waals surface area (Å²) in [5.74, 6) is 6.51. The molecular weight excluding hydrogens is 380 g/mol. The van der Waals surface area contributed by atoms with Gasteiger partial charge in [0.25, 0.3) is 8.32 Å². The van der Waals surface area contributed by atoms with Gasteiger partial charge in [-0.05, 0) is 40.7 Å². The lowest BCUT2D eigenvalue weighted by Gasteiger charge is -2.44. The smallest absolute Gasteiger partial charge is 0.262 e. The van der Waals surface area contributed by atoms with E-state index < -0.39 is 8.32 Å². The topological polar surface area (TPSA) is 9.23 Å². The number of hydrogen-bond donors (Lipinski definition) is 0. The first-order chi connectivity index (χ1) is 14.5. The summed E-state index contributed by atoms with van der Waals surface area (Å²) in [4.78, 5) is 0. The lowest BCUT2D eigenvalue weighted by molar-refractivity contribution is 0.231. The molecular formula is C28H32OSi. The van der Waals surface area contributed by atoms with Gasteiger partial charge in [0.1, 0.15) is 6.10 Å². The van der Waals surface area contributed by atoms with Gasteiger partial charge in [-0.25, -0.2) is 0 Å². The van der Waals surface area contributed by atoms with Crippen molar-refractivity contribution in [2.75, 3.05) is 0 Å². The second-order valence-corrected chi connectivity index (χ2v) is 12.9. The van der Waals surface area contributed by atoms with Crippen molar-refractivity contribution in [1.29, 1.82) is 0 Å². The van der Waals surface area contributed by atoms with Crippen molar-refractivity contribution in [3.05, 3.63) is 96.6 Å². The summed E-state index contributed by atoms with van der Waals surface area (Å²) in [6.07, 6.45) is 1.73. The third-order valence-corrected chi connectivity index (χ3v) is 10.6. The van der Waals surface area contributed by atoms with Crippen molar-refractivity contribution in [3.63, 3.8) is 0 Å². The Balaban J connectivity index is 2.05. The highest BCUT2D eigenvalue weighted by molar-refractivity contribution is 6.99. The summed E-state index contributed by atoms with van der Waals surface area (Å²) in [5.41, 5.74) is 1.33. The van der Waals surface area contributed by atoms with Crippen LogP contribution in [0, 0.1) is 11.8 Å². The molecule has 0 fully saturated rings. The molecule has 2 heteroatoms. The van der Waals surface area contributed by atoms with Gasteiger partial charge in [0.05, 0.1) is 0 Å². The summed E-state index contributed by atoms with van der Waals surface area (Å²) in [5, 5.41) is 2.55.